The van der Waals surface area contributed by atoms with Gasteiger partial charge in [0.15, 0.2) is 5.96 Å². The van der Waals surface area contributed by atoms with Gasteiger partial charge in [0.05, 0.1) is 10.7 Å². The van der Waals surface area contributed by atoms with E-state index in [4.69, 9.17) is 28.8 Å². The first-order valence-corrected chi connectivity index (χ1v) is 7.80. The van der Waals surface area contributed by atoms with E-state index in [0.717, 1.165) is 32.1 Å². The smallest absolute Gasteiger partial charge is 0.319 e. The first-order valence-electron chi connectivity index (χ1n) is 7.42. The van der Waals surface area contributed by atoms with Crippen LogP contribution >= 0.6 is 24.0 Å². The minimum atomic E-state index is -0.601. The zero-order valence-electron chi connectivity index (χ0n) is 13.1. The summed E-state index contributed by atoms with van der Waals surface area (Å²) < 4.78 is 0. The van der Waals surface area contributed by atoms with Crippen molar-refractivity contribution in [1.82, 2.24) is 0 Å². The molecular formula is C15H21Cl2N5O2. The summed E-state index contributed by atoms with van der Waals surface area (Å²) in [6.45, 7) is 0. The maximum Gasteiger partial charge on any atom is 0.319 e. The number of halogens is 2. The number of anilines is 1. The lowest BCUT2D eigenvalue weighted by molar-refractivity contribution is 0.100. The van der Waals surface area contributed by atoms with E-state index in [1.54, 1.807) is 0 Å². The van der Waals surface area contributed by atoms with Gasteiger partial charge in [-0.1, -0.05) is 30.9 Å². The Balaban J connectivity index is 0.00000288. The summed E-state index contributed by atoms with van der Waals surface area (Å²) in [5.41, 5.74) is 16.6. The molecule has 24 heavy (non-hydrogen) atoms. The predicted molar refractivity (Wildman–Crippen MR) is 97.8 cm³/mol. The highest BCUT2D eigenvalue weighted by molar-refractivity contribution is 6.34. The molecule has 1 aromatic carbocycles. The molecular weight excluding hydrogens is 353 g/mol. The number of hydrogen-bond acceptors (Lipinski definition) is 2. The molecule has 2 rings (SSSR count). The molecule has 0 heterocycles. The van der Waals surface area contributed by atoms with Crippen LogP contribution in [0.5, 0.6) is 0 Å². The van der Waals surface area contributed by atoms with Crippen molar-refractivity contribution in [2.45, 2.75) is 38.1 Å². The molecule has 0 radical (unpaired) electrons. The topological polar surface area (TPSA) is 128 Å². The molecule has 1 fully saturated rings. The Bertz CT molecular complexity index is 641. The maximum atomic E-state index is 12.0. The summed E-state index contributed by atoms with van der Waals surface area (Å²) in [7, 11) is 0. The molecule has 0 bridgehead atoms. The minimum Gasteiger partial charge on any atom is -0.370 e. The third-order valence-electron chi connectivity index (χ3n) is 3.86. The Morgan fingerprint density at radius 1 is 1.12 bits per heavy atom. The van der Waals surface area contributed by atoms with Crippen LogP contribution in [0.15, 0.2) is 23.2 Å². The number of benzene rings is 1. The van der Waals surface area contributed by atoms with Crippen molar-refractivity contribution < 1.29 is 9.59 Å². The highest BCUT2D eigenvalue weighted by Gasteiger charge is 2.27. The summed E-state index contributed by atoms with van der Waals surface area (Å²) >= 11 is 6.22. The molecule has 1 aliphatic rings. The Kier molecular flexibility index (Phi) is 7.31. The summed E-state index contributed by atoms with van der Waals surface area (Å²) in [5.74, 6) is -0.929. The van der Waals surface area contributed by atoms with Gasteiger partial charge >= 0.3 is 6.03 Å². The molecule has 0 atom stereocenters. The minimum absolute atomic E-state index is 0. The third kappa shape index (κ3) is 4.75. The van der Waals surface area contributed by atoms with Gasteiger partial charge in [-0.15, -0.1) is 12.4 Å². The lowest BCUT2D eigenvalue weighted by Crippen LogP contribution is -2.45. The van der Waals surface area contributed by atoms with E-state index >= 15 is 0 Å². The molecule has 1 aliphatic carbocycles. The van der Waals surface area contributed by atoms with Gasteiger partial charge in [0.25, 0.3) is 5.91 Å². The van der Waals surface area contributed by atoms with E-state index in [0.29, 0.717) is 10.7 Å². The van der Waals surface area contributed by atoms with Crippen molar-refractivity contribution in [3.63, 3.8) is 0 Å². The second-order valence-electron chi connectivity index (χ2n) is 5.51. The van der Waals surface area contributed by atoms with Crippen molar-refractivity contribution in [2.75, 3.05) is 4.90 Å². The van der Waals surface area contributed by atoms with Crippen molar-refractivity contribution in [3.05, 3.63) is 28.8 Å². The van der Waals surface area contributed by atoms with Gasteiger partial charge in [0.1, 0.15) is 0 Å². The van der Waals surface area contributed by atoms with Crippen molar-refractivity contribution in [2.24, 2.45) is 22.2 Å². The van der Waals surface area contributed by atoms with Gasteiger partial charge in [-0.3, -0.25) is 9.69 Å². The molecule has 9 heteroatoms. The monoisotopic (exact) mass is 373 g/mol. The first-order chi connectivity index (χ1) is 10.9. The molecule has 6 N–H and O–H groups in total. The number of guanidine groups is 1. The Morgan fingerprint density at radius 2 is 1.75 bits per heavy atom. The molecule has 0 aliphatic heterocycles. The highest BCUT2D eigenvalue weighted by atomic mass is 35.5. The van der Waals surface area contributed by atoms with E-state index in [-0.39, 0.29) is 30.0 Å². The van der Waals surface area contributed by atoms with Gasteiger partial charge < -0.3 is 17.2 Å². The van der Waals surface area contributed by atoms with Crippen LogP contribution in [-0.4, -0.2) is 23.9 Å². The van der Waals surface area contributed by atoms with E-state index in [1.807, 2.05) is 0 Å². The summed E-state index contributed by atoms with van der Waals surface area (Å²) in [6, 6.07) is 3.92. The van der Waals surface area contributed by atoms with Gasteiger partial charge in [-0.25, -0.2) is 4.79 Å². The second kappa shape index (κ2) is 8.75. The van der Waals surface area contributed by atoms with E-state index in [1.165, 1.54) is 23.1 Å². The average molecular weight is 374 g/mol. The van der Waals surface area contributed by atoms with Gasteiger partial charge in [-0.05, 0) is 31.0 Å². The highest BCUT2D eigenvalue weighted by Crippen LogP contribution is 2.33. The summed E-state index contributed by atoms with van der Waals surface area (Å²) in [4.78, 5) is 28.9. The van der Waals surface area contributed by atoms with Crippen LogP contribution < -0.4 is 22.1 Å². The fraction of sp³-hybridized carbons (Fsp3) is 0.400. The molecule has 1 saturated carbocycles. The normalized spacial score (nSPS) is 14.4. The van der Waals surface area contributed by atoms with Crippen LogP contribution in [0, 0.1) is 0 Å². The van der Waals surface area contributed by atoms with Crippen molar-refractivity contribution in [3.8, 4) is 0 Å². The number of hydrogen-bond donors (Lipinski definition) is 3. The number of carbonyl (C=O) groups excluding carboxylic acids is 2. The Hall–Kier alpha value is -1.99. The average Bonchev–Trinajstić information content (AvgIpc) is 2.49. The quantitative estimate of drug-likeness (QED) is 0.554. The molecule has 0 spiro atoms. The Morgan fingerprint density at radius 3 is 2.29 bits per heavy atom. The first kappa shape index (κ1) is 20.1. The van der Waals surface area contributed by atoms with Crippen molar-refractivity contribution in [1.29, 1.82) is 0 Å². The van der Waals surface area contributed by atoms with E-state index in [2.05, 4.69) is 4.99 Å². The zero-order valence-corrected chi connectivity index (χ0v) is 14.6. The van der Waals surface area contributed by atoms with Crippen LogP contribution in [0.3, 0.4) is 0 Å². The lowest BCUT2D eigenvalue weighted by Gasteiger charge is -2.33. The maximum absolute atomic E-state index is 12.0. The molecule has 132 valence electrons. The number of rotatable bonds is 3. The molecule has 7 nitrogen and oxygen atoms in total. The van der Waals surface area contributed by atoms with Crippen LogP contribution in [0.1, 0.15) is 42.5 Å². The van der Waals surface area contributed by atoms with E-state index < -0.39 is 11.9 Å². The fourth-order valence-electron chi connectivity index (χ4n) is 2.85. The van der Waals surface area contributed by atoms with Gasteiger partial charge in [0.2, 0.25) is 0 Å². The van der Waals surface area contributed by atoms with Crippen LogP contribution in [0.25, 0.3) is 0 Å². The number of carbonyl (C=O) groups is 2. The number of primary amides is 1. The number of amides is 3. The number of urea groups is 1. The second-order valence-corrected chi connectivity index (χ2v) is 5.92. The summed E-state index contributed by atoms with van der Waals surface area (Å²) in [6.07, 6.45) is 4.90. The molecule has 3 amide bonds. The number of aliphatic imine (C=N–C) groups is 1. The van der Waals surface area contributed by atoms with E-state index in [9.17, 15) is 9.59 Å². The number of nitrogens with two attached hydrogens (primary N) is 3. The third-order valence-corrected chi connectivity index (χ3v) is 4.18. The SMILES string of the molecule is Cl.NC(=O)N(c1cc(C(=O)N=C(N)N)ccc1Cl)C1CCCCC1. The van der Waals surface area contributed by atoms with Crippen LogP contribution in [0.4, 0.5) is 10.5 Å². The molecule has 0 saturated heterocycles. The fourth-order valence-corrected chi connectivity index (χ4v) is 3.06. The van der Waals surface area contributed by atoms with Gasteiger partial charge in [0, 0.05) is 11.6 Å². The standard InChI is InChI=1S/C15H20ClN5O2.ClH/c16-11-7-6-9(13(22)20-14(17)18)8-12(11)21(15(19)23)10-4-2-1-3-5-10;/h6-8,10H,1-5H2,(H2,19,23)(H4,17,18,20,22);1H. The largest absolute Gasteiger partial charge is 0.370 e. The molecule has 0 unspecified atom stereocenters. The number of nitrogens with zero attached hydrogens (tertiary/aromatic N) is 2. The van der Waals surface area contributed by atoms with Gasteiger partial charge in [-0.2, -0.15) is 4.99 Å². The lowest BCUT2D eigenvalue weighted by atomic mass is 9.94. The van der Waals surface area contributed by atoms with Crippen LogP contribution in [-0.2, 0) is 0 Å². The molecule has 1 aromatic rings. The predicted octanol–water partition coefficient (Wildman–Crippen LogP) is 2.39. The van der Waals surface area contributed by atoms with Crippen LogP contribution in [0.2, 0.25) is 5.02 Å². The summed E-state index contributed by atoms with van der Waals surface area (Å²) in [5, 5.41) is 0.343. The van der Waals surface area contributed by atoms with Crippen molar-refractivity contribution >= 4 is 47.6 Å². The zero-order chi connectivity index (χ0) is 17.0. The molecule has 0 aromatic heterocycles. The Labute approximate surface area is 151 Å².